The van der Waals surface area contributed by atoms with Gasteiger partial charge in [0.05, 0.1) is 17.9 Å². The first-order valence-corrected chi connectivity index (χ1v) is 11.9. The second-order valence-electron chi connectivity index (χ2n) is 6.98. The number of amides is 2. The number of benzene rings is 3. The van der Waals surface area contributed by atoms with Gasteiger partial charge in [-0.2, -0.15) is 0 Å². The molecule has 4 aromatic rings. The van der Waals surface area contributed by atoms with E-state index in [2.05, 4.69) is 15.6 Å². The average molecular weight is 460 g/mol. The van der Waals surface area contributed by atoms with Crippen molar-refractivity contribution in [2.75, 3.05) is 16.4 Å². The molecule has 0 atom stereocenters. The third-order valence-electron chi connectivity index (χ3n) is 4.52. The summed E-state index contributed by atoms with van der Waals surface area (Å²) in [7, 11) is 0. The number of hydrogen-bond acceptors (Lipinski definition) is 5. The number of aromatic nitrogens is 1. The number of nitrogens with zero attached hydrogens (tertiary/aromatic N) is 1. The Balaban J connectivity index is 1.28. The standard InChI is InChI=1S/C25H21N3O2S2/c29-23(14-18-8-3-1-4-9-18)26-20-12-7-13-21(15-20)31-17-24(30)28-25-27-22(16-32-25)19-10-5-2-6-11-19/h1-13,15-16H,14,17H2,(H,26,29)(H,27,28,30). The Labute approximate surface area is 194 Å². The van der Waals surface area contributed by atoms with Crippen LogP contribution in [0.15, 0.2) is 95.2 Å². The van der Waals surface area contributed by atoms with Crippen LogP contribution in [0.1, 0.15) is 5.56 Å². The summed E-state index contributed by atoms with van der Waals surface area (Å²) in [6.45, 7) is 0. The average Bonchev–Trinajstić information content (AvgIpc) is 3.27. The van der Waals surface area contributed by atoms with Crippen molar-refractivity contribution in [1.29, 1.82) is 0 Å². The van der Waals surface area contributed by atoms with E-state index in [4.69, 9.17) is 0 Å². The van der Waals surface area contributed by atoms with Gasteiger partial charge in [-0.25, -0.2) is 4.98 Å². The fraction of sp³-hybridized carbons (Fsp3) is 0.0800. The summed E-state index contributed by atoms with van der Waals surface area (Å²) in [5.41, 5.74) is 3.54. The van der Waals surface area contributed by atoms with Crippen LogP contribution >= 0.6 is 23.1 Å². The minimum absolute atomic E-state index is 0.0749. The topological polar surface area (TPSA) is 71.1 Å². The van der Waals surface area contributed by atoms with Crippen LogP contribution in [0.3, 0.4) is 0 Å². The molecule has 32 heavy (non-hydrogen) atoms. The van der Waals surface area contributed by atoms with Gasteiger partial charge in [0, 0.05) is 21.5 Å². The first kappa shape index (κ1) is 21.8. The summed E-state index contributed by atoms with van der Waals surface area (Å²) < 4.78 is 0. The van der Waals surface area contributed by atoms with Crippen LogP contribution in [0.2, 0.25) is 0 Å². The van der Waals surface area contributed by atoms with E-state index in [9.17, 15) is 9.59 Å². The van der Waals surface area contributed by atoms with Crippen molar-refractivity contribution in [2.24, 2.45) is 0 Å². The van der Waals surface area contributed by atoms with E-state index < -0.39 is 0 Å². The van der Waals surface area contributed by atoms with E-state index in [1.807, 2.05) is 90.3 Å². The Hall–Kier alpha value is -3.42. The first-order valence-electron chi connectivity index (χ1n) is 10.0. The van der Waals surface area contributed by atoms with Crippen LogP contribution in [-0.2, 0) is 16.0 Å². The molecule has 2 N–H and O–H groups in total. The zero-order valence-electron chi connectivity index (χ0n) is 17.2. The number of nitrogens with one attached hydrogen (secondary N) is 2. The second-order valence-corrected chi connectivity index (χ2v) is 8.89. The summed E-state index contributed by atoms with van der Waals surface area (Å²) in [6, 6.07) is 27.0. The monoisotopic (exact) mass is 459 g/mol. The Kier molecular flexibility index (Phi) is 7.32. The first-order chi connectivity index (χ1) is 15.7. The molecule has 2 amide bonds. The number of anilines is 2. The molecule has 0 spiro atoms. The van der Waals surface area contributed by atoms with E-state index in [-0.39, 0.29) is 17.6 Å². The van der Waals surface area contributed by atoms with E-state index in [0.29, 0.717) is 17.2 Å². The normalized spacial score (nSPS) is 10.5. The van der Waals surface area contributed by atoms with Crippen molar-refractivity contribution >= 4 is 45.7 Å². The molecule has 160 valence electrons. The quantitative estimate of drug-likeness (QED) is 0.331. The molecule has 0 bridgehead atoms. The van der Waals surface area contributed by atoms with E-state index in [1.54, 1.807) is 0 Å². The zero-order valence-corrected chi connectivity index (χ0v) is 18.8. The Morgan fingerprint density at radius 3 is 2.38 bits per heavy atom. The van der Waals surface area contributed by atoms with E-state index in [0.717, 1.165) is 21.7 Å². The summed E-state index contributed by atoms with van der Waals surface area (Å²) in [5, 5.41) is 8.28. The lowest BCUT2D eigenvalue weighted by Crippen LogP contribution is -2.14. The van der Waals surface area contributed by atoms with Crippen LogP contribution in [0.25, 0.3) is 11.3 Å². The van der Waals surface area contributed by atoms with Gasteiger partial charge in [-0.05, 0) is 23.8 Å². The minimum Gasteiger partial charge on any atom is -0.326 e. The van der Waals surface area contributed by atoms with Crippen molar-refractivity contribution in [3.05, 3.63) is 95.9 Å². The summed E-state index contributed by atoms with van der Waals surface area (Å²) in [6.07, 6.45) is 0.319. The molecule has 7 heteroatoms. The highest BCUT2D eigenvalue weighted by Crippen LogP contribution is 2.26. The molecule has 0 aliphatic carbocycles. The number of rotatable bonds is 8. The predicted octanol–water partition coefficient (Wildman–Crippen LogP) is 5.72. The summed E-state index contributed by atoms with van der Waals surface area (Å²) in [5.74, 6) is 0.0540. The van der Waals surface area contributed by atoms with Crippen molar-refractivity contribution < 1.29 is 9.59 Å². The van der Waals surface area contributed by atoms with Crippen LogP contribution in [-0.4, -0.2) is 22.6 Å². The lowest BCUT2D eigenvalue weighted by molar-refractivity contribution is -0.115. The number of thioether (sulfide) groups is 1. The van der Waals surface area contributed by atoms with Crippen LogP contribution < -0.4 is 10.6 Å². The molecule has 0 aliphatic rings. The molecule has 0 saturated heterocycles. The maximum Gasteiger partial charge on any atom is 0.236 e. The highest BCUT2D eigenvalue weighted by Gasteiger charge is 2.10. The molecular weight excluding hydrogens is 438 g/mol. The van der Waals surface area contributed by atoms with Gasteiger partial charge in [0.15, 0.2) is 5.13 Å². The highest BCUT2D eigenvalue weighted by atomic mass is 32.2. The third-order valence-corrected chi connectivity index (χ3v) is 6.27. The summed E-state index contributed by atoms with van der Waals surface area (Å²) in [4.78, 5) is 30.0. The van der Waals surface area contributed by atoms with Crippen molar-refractivity contribution in [2.45, 2.75) is 11.3 Å². The highest BCUT2D eigenvalue weighted by molar-refractivity contribution is 8.00. The fourth-order valence-electron chi connectivity index (χ4n) is 3.03. The zero-order chi connectivity index (χ0) is 22.2. The second kappa shape index (κ2) is 10.7. The van der Waals surface area contributed by atoms with Gasteiger partial charge >= 0.3 is 0 Å². The Morgan fingerprint density at radius 2 is 1.59 bits per heavy atom. The molecule has 0 radical (unpaired) electrons. The molecule has 1 heterocycles. The fourth-order valence-corrected chi connectivity index (χ4v) is 4.52. The van der Waals surface area contributed by atoms with Crippen molar-refractivity contribution in [3.8, 4) is 11.3 Å². The molecular formula is C25H21N3O2S2. The third kappa shape index (κ3) is 6.29. The molecule has 0 unspecified atom stereocenters. The Morgan fingerprint density at radius 1 is 0.844 bits per heavy atom. The molecule has 0 fully saturated rings. The van der Waals surface area contributed by atoms with Crippen molar-refractivity contribution in [3.63, 3.8) is 0 Å². The van der Waals surface area contributed by atoms with Gasteiger partial charge in [0.2, 0.25) is 11.8 Å². The van der Waals surface area contributed by atoms with Gasteiger partial charge < -0.3 is 10.6 Å². The summed E-state index contributed by atoms with van der Waals surface area (Å²) >= 11 is 2.81. The molecule has 1 aromatic heterocycles. The van der Waals surface area contributed by atoms with Gasteiger partial charge in [-0.3, -0.25) is 9.59 Å². The number of carbonyl (C=O) groups excluding carboxylic acids is 2. The van der Waals surface area contributed by atoms with Crippen LogP contribution in [0, 0.1) is 0 Å². The van der Waals surface area contributed by atoms with Gasteiger partial charge in [0.1, 0.15) is 0 Å². The van der Waals surface area contributed by atoms with Gasteiger partial charge in [-0.15, -0.1) is 23.1 Å². The maximum absolute atomic E-state index is 12.4. The number of hydrogen-bond donors (Lipinski definition) is 2. The lowest BCUT2D eigenvalue weighted by atomic mass is 10.1. The smallest absolute Gasteiger partial charge is 0.236 e. The van der Waals surface area contributed by atoms with Gasteiger partial charge in [-0.1, -0.05) is 66.7 Å². The van der Waals surface area contributed by atoms with Crippen LogP contribution in [0.4, 0.5) is 10.8 Å². The molecule has 4 rings (SSSR count). The largest absolute Gasteiger partial charge is 0.326 e. The molecule has 3 aromatic carbocycles. The molecule has 0 saturated carbocycles. The lowest BCUT2D eigenvalue weighted by Gasteiger charge is -2.08. The van der Waals surface area contributed by atoms with E-state index in [1.165, 1.54) is 23.1 Å². The molecule has 5 nitrogen and oxygen atoms in total. The molecule has 0 aliphatic heterocycles. The SMILES string of the molecule is O=C(Cc1ccccc1)Nc1cccc(SCC(=O)Nc2nc(-c3ccccc3)cs2)c1. The maximum atomic E-state index is 12.4. The van der Waals surface area contributed by atoms with Crippen molar-refractivity contribution in [1.82, 2.24) is 4.98 Å². The Bertz CT molecular complexity index is 1190. The number of carbonyl (C=O) groups is 2. The van der Waals surface area contributed by atoms with Crippen LogP contribution in [0.5, 0.6) is 0 Å². The predicted molar refractivity (Wildman–Crippen MR) is 132 cm³/mol. The van der Waals surface area contributed by atoms with E-state index >= 15 is 0 Å². The minimum atomic E-state index is -0.123. The number of thiazole rings is 1. The van der Waals surface area contributed by atoms with Gasteiger partial charge in [0.25, 0.3) is 0 Å².